The number of nitrogens with one attached hydrogen (secondary N) is 1. The van der Waals surface area contributed by atoms with Gasteiger partial charge in [0, 0.05) is 40.8 Å². The van der Waals surface area contributed by atoms with Gasteiger partial charge in [-0.2, -0.15) is 10.2 Å². The van der Waals surface area contributed by atoms with E-state index in [1.54, 1.807) is 0 Å². The fourth-order valence-electron chi connectivity index (χ4n) is 4.36. The minimum absolute atomic E-state index is 0.276. The van der Waals surface area contributed by atoms with Crippen LogP contribution >= 0.6 is 0 Å². The van der Waals surface area contributed by atoms with Gasteiger partial charge in [0.2, 0.25) is 5.82 Å². The second-order valence-corrected chi connectivity index (χ2v) is 8.11. The molecule has 6 heteroatoms. The maximum Gasteiger partial charge on any atom is 0.258 e. The van der Waals surface area contributed by atoms with Gasteiger partial charge in [0.25, 0.3) is 5.89 Å². The van der Waals surface area contributed by atoms with Crippen LogP contribution in [-0.2, 0) is 13.0 Å². The van der Waals surface area contributed by atoms with Crippen molar-refractivity contribution in [3.63, 3.8) is 0 Å². The second kappa shape index (κ2) is 7.12. The van der Waals surface area contributed by atoms with E-state index in [1.807, 2.05) is 24.4 Å². The Bertz CT molecular complexity index is 1310. The maximum absolute atomic E-state index is 9.55. The van der Waals surface area contributed by atoms with Gasteiger partial charge in [0.15, 0.2) is 0 Å². The first-order chi connectivity index (χ1) is 14.6. The van der Waals surface area contributed by atoms with E-state index in [0.717, 1.165) is 41.5 Å². The molecule has 1 N–H and O–H groups in total. The number of aromatic nitrogens is 3. The fraction of sp³-hybridized carbons (Fsp3) is 0.292. The molecule has 4 aromatic rings. The van der Waals surface area contributed by atoms with E-state index in [2.05, 4.69) is 59.0 Å². The summed E-state index contributed by atoms with van der Waals surface area (Å²) in [5.74, 6) is 1.07. The molecule has 5 rings (SSSR count). The number of rotatable bonds is 3. The van der Waals surface area contributed by atoms with E-state index in [4.69, 9.17) is 4.52 Å². The summed E-state index contributed by atoms with van der Waals surface area (Å²) in [5, 5.41) is 18.1. The predicted molar refractivity (Wildman–Crippen MR) is 116 cm³/mol. The monoisotopic (exact) mass is 397 g/mol. The number of hydrogen-bond donors (Lipinski definition) is 1. The van der Waals surface area contributed by atoms with E-state index < -0.39 is 0 Å². The standard InChI is InChI=1S/C24H23N5O/c1-14(2)29-13-18(11-25)21-10-16(5-7-22(21)29)24-27-23(28-30-24)20-6-4-17-12-26-9-8-19(17)15(20)3/h4-7,10,13-14,26H,8-9,12H2,1-3H3. The lowest BCUT2D eigenvalue weighted by atomic mass is 9.92. The smallest absolute Gasteiger partial charge is 0.258 e. The molecule has 0 saturated heterocycles. The van der Waals surface area contributed by atoms with E-state index >= 15 is 0 Å². The summed E-state index contributed by atoms with van der Waals surface area (Å²) in [6.45, 7) is 8.25. The molecule has 0 unspecified atom stereocenters. The predicted octanol–water partition coefficient (Wildman–Crippen LogP) is 4.77. The number of benzene rings is 2. The third-order valence-corrected chi connectivity index (χ3v) is 5.99. The Labute approximate surface area is 175 Å². The Morgan fingerprint density at radius 3 is 2.90 bits per heavy atom. The number of hydrogen-bond acceptors (Lipinski definition) is 5. The first kappa shape index (κ1) is 18.6. The third kappa shape index (κ3) is 2.90. The van der Waals surface area contributed by atoms with Crippen LogP contribution in [0.1, 0.15) is 42.1 Å². The van der Waals surface area contributed by atoms with E-state index in [-0.39, 0.29) is 6.04 Å². The van der Waals surface area contributed by atoms with Crippen molar-refractivity contribution in [3.05, 3.63) is 58.8 Å². The summed E-state index contributed by atoms with van der Waals surface area (Å²) < 4.78 is 7.73. The molecule has 2 aromatic heterocycles. The molecule has 30 heavy (non-hydrogen) atoms. The molecule has 0 amide bonds. The van der Waals surface area contributed by atoms with Crippen molar-refractivity contribution < 1.29 is 4.52 Å². The van der Waals surface area contributed by atoms with Gasteiger partial charge >= 0.3 is 0 Å². The summed E-state index contributed by atoms with van der Waals surface area (Å²) in [6, 6.07) is 12.8. The maximum atomic E-state index is 9.55. The Balaban J connectivity index is 1.56. The molecule has 1 aliphatic rings. The molecule has 2 aromatic carbocycles. The van der Waals surface area contributed by atoms with E-state index in [1.165, 1.54) is 16.7 Å². The quantitative estimate of drug-likeness (QED) is 0.539. The van der Waals surface area contributed by atoms with Crippen LogP contribution in [0.3, 0.4) is 0 Å². The minimum atomic E-state index is 0.276. The number of nitrogens with zero attached hydrogens (tertiary/aromatic N) is 4. The van der Waals surface area contributed by atoms with Gasteiger partial charge in [-0.15, -0.1) is 0 Å². The zero-order chi connectivity index (χ0) is 20.8. The first-order valence-corrected chi connectivity index (χ1v) is 10.3. The third-order valence-electron chi connectivity index (χ3n) is 5.99. The van der Waals surface area contributed by atoms with Gasteiger partial charge in [0.05, 0.1) is 5.56 Å². The number of fused-ring (bicyclic) bond motifs is 2. The summed E-state index contributed by atoms with van der Waals surface area (Å²) in [4.78, 5) is 4.68. The Morgan fingerprint density at radius 1 is 1.23 bits per heavy atom. The Kier molecular flexibility index (Phi) is 4.41. The van der Waals surface area contributed by atoms with Crippen molar-refractivity contribution in [2.45, 2.75) is 39.8 Å². The molecule has 150 valence electrons. The van der Waals surface area contributed by atoms with Gasteiger partial charge in [0.1, 0.15) is 6.07 Å². The van der Waals surface area contributed by atoms with Crippen LogP contribution in [0.5, 0.6) is 0 Å². The summed E-state index contributed by atoms with van der Waals surface area (Å²) in [7, 11) is 0. The zero-order valence-corrected chi connectivity index (χ0v) is 17.4. The topological polar surface area (TPSA) is 79.7 Å². The molecule has 0 saturated carbocycles. The van der Waals surface area contributed by atoms with Crippen LogP contribution in [0.4, 0.5) is 0 Å². The van der Waals surface area contributed by atoms with Crippen molar-refractivity contribution in [1.29, 1.82) is 5.26 Å². The SMILES string of the molecule is Cc1c(-c2noc(-c3ccc4c(c3)c(C#N)cn4C(C)C)n2)ccc2c1CCNC2. The van der Waals surface area contributed by atoms with Crippen LogP contribution < -0.4 is 5.32 Å². The highest BCUT2D eigenvalue weighted by molar-refractivity contribution is 5.90. The Morgan fingerprint density at radius 2 is 2.10 bits per heavy atom. The second-order valence-electron chi connectivity index (χ2n) is 8.11. The van der Waals surface area contributed by atoms with Crippen molar-refractivity contribution in [2.75, 3.05) is 6.54 Å². The lowest BCUT2D eigenvalue weighted by Crippen LogP contribution is -2.24. The summed E-state index contributed by atoms with van der Waals surface area (Å²) in [6.07, 6.45) is 2.92. The van der Waals surface area contributed by atoms with Gasteiger partial charge in [-0.25, -0.2) is 0 Å². The fourth-order valence-corrected chi connectivity index (χ4v) is 4.36. The van der Waals surface area contributed by atoms with Crippen molar-refractivity contribution >= 4 is 10.9 Å². The van der Waals surface area contributed by atoms with Crippen LogP contribution in [0.2, 0.25) is 0 Å². The van der Waals surface area contributed by atoms with E-state index in [0.29, 0.717) is 17.3 Å². The molecular weight excluding hydrogens is 374 g/mol. The molecule has 1 aliphatic heterocycles. The number of nitriles is 1. The summed E-state index contributed by atoms with van der Waals surface area (Å²) in [5.41, 5.74) is 7.46. The highest BCUT2D eigenvalue weighted by Crippen LogP contribution is 2.32. The molecule has 0 bridgehead atoms. The molecule has 0 spiro atoms. The zero-order valence-electron chi connectivity index (χ0n) is 17.4. The van der Waals surface area contributed by atoms with Crippen molar-refractivity contribution in [3.8, 4) is 28.9 Å². The molecule has 3 heterocycles. The van der Waals surface area contributed by atoms with E-state index in [9.17, 15) is 5.26 Å². The summed E-state index contributed by atoms with van der Waals surface area (Å²) >= 11 is 0. The molecule has 0 fully saturated rings. The van der Waals surface area contributed by atoms with Crippen LogP contribution in [0, 0.1) is 18.3 Å². The van der Waals surface area contributed by atoms with Crippen molar-refractivity contribution in [1.82, 2.24) is 20.0 Å². The van der Waals surface area contributed by atoms with Crippen LogP contribution in [-0.4, -0.2) is 21.3 Å². The molecular formula is C24H23N5O. The van der Waals surface area contributed by atoms with Crippen molar-refractivity contribution in [2.24, 2.45) is 0 Å². The highest BCUT2D eigenvalue weighted by atomic mass is 16.5. The molecule has 0 radical (unpaired) electrons. The van der Waals surface area contributed by atoms with Gasteiger partial charge in [-0.05, 0) is 68.6 Å². The first-order valence-electron chi connectivity index (χ1n) is 10.3. The highest BCUT2D eigenvalue weighted by Gasteiger charge is 2.19. The Hall–Kier alpha value is -3.43. The average molecular weight is 397 g/mol. The van der Waals surface area contributed by atoms with Gasteiger partial charge in [-0.1, -0.05) is 17.3 Å². The normalized spacial score (nSPS) is 13.6. The lowest BCUT2D eigenvalue weighted by Gasteiger charge is -2.20. The molecule has 0 aliphatic carbocycles. The van der Waals surface area contributed by atoms with Gasteiger partial charge in [-0.3, -0.25) is 0 Å². The largest absolute Gasteiger partial charge is 0.344 e. The van der Waals surface area contributed by atoms with Crippen LogP contribution in [0.25, 0.3) is 33.7 Å². The lowest BCUT2D eigenvalue weighted by molar-refractivity contribution is 0.432. The minimum Gasteiger partial charge on any atom is -0.344 e. The van der Waals surface area contributed by atoms with Crippen LogP contribution in [0.15, 0.2) is 41.1 Å². The van der Waals surface area contributed by atoms with Gasteiger partial charge < -0.3 is 14.4 Å². The molecule has 6 nitrogen and oxygen atoms in total. The molecule has 0 atom stereocenters. The average Bonchev–Trinajstić information content (AvgIpc) is 3.39.